The molecule has 0 bridgehead atoms. The lowest BCUT2D eigenvalue weighted by Gasteiger charge is -2.20. The van der Waals surface area contributed by atoms with Gasteiger partial charge in [-0.2, -0.15) is 5.26 Å². The highest BCUT2D eigenvalue weighted by Gasteiger charge is 2.18. The van der Waals surface area contributed by atoms with E-state index in [2.05, 4.69) is 27.6 Å². The summed E-state index contributed by atoms with van der Waals surface area (Å²) in [5.41, 5.74) is 1.32. The maximum absolute atomic E-state index is 12.3. The van der Waals surface area contributed by atoms with Gasteiger partial charge in [-0.1, -0.05) is 23.2 Å². The van der Waals surface area contributed by atoms with E-state index < -0.39 is 5.91 Å². The standard InChI is InChI=1S/C17H15Cl2N5OS/c1-24-5-4-13-15(9-24)26-17(23-13)21-8-10(7-20)16(25)22-14-6-11(18)2-3-12(14)19/h2-3,6,8H,4-5,9H2,1H3,(H,21,23)(H,22,25)/b10-8-. The van der Waals surface area contributed by atoms with Crippen LogP contribution in [0.25, 0.3) is 0 Å². The van der Waals surface area contributed by atoms with E-state index in [1.807, 2.05) is 6.07 Å². The lowest BCUT2D eigenvalue weighted by atomic mass is 10.2. The number of carbonyl (C=O) groups is 1. The van der Waals surface area contributed by atoms with Gasteiger partial charge in [-0.3, -0.25) is 4.79 Å². The van der Waals surface area contributed by atoms with Gasteiger partial charge >= 0.3 is 0 Å². The number of benzene rings is 1. The van der Waals surface area contributed by atoms with Gasteiger partial charge in [0.1, 0.15) is 11.6 Å². The summed E-state index contributed by atoms with van der Waals surface area (Å²) in [7, 11) is 2.06. The predicted octanol–water partition coefficient (Wildman–Crippen LogP) is 3.90. The Balaban J connectivity index is 1.71. The number of hydrogen-bond acceptors (Lipinski definition) is 6. The monoisotopic (exact) mass is 407 g/mol. The summed E-state index contributed by atoms with van der Waals surface area (Å²) in [6.07, 6.45) is 2.24. The van der Waals surface area contributed by atoms with Crippen LogP contribution in [0.3, 0.4) is 0 Å². The second kappa shape index (κ2) is 8.06. The number of thiazole rings is 1. The number of amides is 1. The molecule has 134 valence electrons. The number of rotatable bonds is 4. The molecule has 0 radical (unpaired) electrons. The zero-order valence-corrected chi connectivity index (χ0v) is 16.2. The molecule has 1 aromatic carbocycles. The zero-order valence-electron chi connectivity index (χ0n) is 13.8. The van der Waals surface area contributed by atoms with Gasteiger partial charge in [-0.15, -0.1) is 11.3 Å². The molecule has 0 aliphatic carbocycles. The maximum atomic E-state index is 12.3. The molecular weight excluding hydrogens is 393 g/mol. The van der Waals surface area contributed by atoms with Gasteiger partial charge < -0.3 is 15.5 Å². The highest BCUT2D eigenvalue weighted by atomic mass is 35.5. The van der Waals surface area contributed by atoms with Gasteiger partial charge in [0, 0.05) is 35.6 Å². The highest BCUT2D eigenvalue weighted by molar-refractivity contribution is 7.15. The first-order valence-corrected chi connectivity index (χ1v) is 9.34. The van der Waals surface area contributed by atoms with E-state index >= 15 is 0 Å². The van der Waals surface area contributed by atoms with Crippen molar-refractivity contribution in [2.75, 3.05) is 24.2 Å². The summed E-state index contributed by atoms with van der Waals surface area (Å²) in [6.45, 7) is 1.83. The quantitative estimate of drug-likeness (QED) is 0.593. The van der Waals surface area contributed by atoms with Crippen LogP contribution in [0, 0.1) is 11.3 Å². The SMILES string of the molecule is CN1CCc2nc(N/C=C(/C#N)C(=O)Nc3cc(Cl)ccc3Cl)sc2C1. The number of nitrogens with one attached hydrogen (secondary N) is 2. The van der Waals surface area contributed by atoms with Crippen LogP contribution in [-0.2, 0) is 17.8 Å². The fourth-order valence-electron chi connectivity index (χ4n) is 2.45. The van der Waals surface area contributed by atoms with Crippen LogP contribution in [0.2, 0.25) is 10.0 Å². The van der Waals surface area contributed by atoms with Crippen molar-refractivity contribution in [3.05, 3.63) is 50.6 Å². The van der Waals surface area contributed by atoms with Crippen LogP contribution >= 0.6 is 34.5 Å². The lowest BCUT2D eigenvalue weighted by Crippen LogP contribution is -2.25. The van der Waals surface area contributed by atoms with Crippen molar-refractivity contribution in [1.82, 2.24) is 9.88 Å². The molecule has 9 heteroatoms. The van der Waals surface area contributed by atoms with E-state index in [4.69, 9.17) is 23.2 Å². The summed E-state index contributed by atoms with van der Waals surface area (Å²) in [4.78, 5) is 20.2. The molecule has 2 heterocycles. The maximum Gasteiger partial charge on any atom is 0.267 e. The van der Waals surface area contributed by atoms with Crippen LogP contribution in [0.4, 0.5) is 10.8 Å². The van der Waals surface area contributed by atoms with Gasteiger partial charge in [0.05, 0.1) is 16.4 Å². The molecule has 2 aromatic rings. The molecule has 1 aromatic heterocycles. The van der Waals surface area contributed by atoms with Crippen molar-refractivity contribution in [2.45, 2.75) is 13.0 Å². The van der Waals surface area contributed by atoms with Gasteiger partial charge in [0.25, 0.3) is 5.91 Å². The molecule has 1 amide bonds. The lowest BCUT2D eigenvalue weighted by molar-refractivity contribution is -0.112. The molecule has 3 rings (SSSR count). The van der Waals surface area contributed by atoms with Crippen LogP contribution in [0.15, 0.2) is 30.0 Å². The van der Waals surface area contributed by atoms with Crippen molar-refractivity contribution in [3.63, 3.8) is 0 Å². The predicted molar refractivity (Wildman–Crippen MR) is 105 cm³/mol. The van der Waals surface area contributed by atoms with E-state index in [-0.39, 0.29) is 5.57 Å². The number of fused-ring (bicyclic) bond motifs is 1. The third-order valence-electron chi connectivity index (χ3n) is 3.80. The molecule has 0 atom stereocenters. The first-order valence-electron chi connectivity index (χ1n) is 7.76. The third-order valence-corrected chi connectivity index (χ3v) is 5.38. The Morgan fingerprint density at radius 3 is 3.04 bits per heavy atom. The van der Waals surface area contributed by atoms with Crippen LogP contribution in [0.5, 0.6) is 0 Å². The Bertz CT molecular complexity index is 918. The number of hydrogen-bond donors (Lipinski definition) is 2. The van der Waals surface area contributed by atoms with Crippen molar-refractivity contribution in [2.24, 2.45) is 0 Å². The number of halogens is 2. The second-order valence-electron chi connectivity index (χ2n) is 5.77. The number of carbonyl (C=O) groups excluding carboxylic acids is 1. The van der Waals surface area contributed by atoms with Gasteiger partial charge in [-0.05, 0) is 25.2 Å². The number of nitrogens with zero attached hydrogens (tertiary/aromatic N) is 3. The normalized spacial score (nSPS) is 14.5. The third kappa shape index (κ3) is 4.34. The summed E-state index contributed by atoms with van der Waals surface area (Å²) in [6, 6.07) is 6.59. The number of anilines is 2. The minimum atomic E-state index is -0.579. The topological polar surface area (TPSA) is 81.1 Å². The molecule has 0 fully saturated rings. The van der Waals surface area contributed by atoms with Gasteiger partial charge in [0.2, 0.25) is 0 Å². The molecule has 0 saturated heterocycles. The van der Waals surface area contributed by atoms with E-state index in [9.17, 15) is 10.1 Å². The first-order chi connectivity index (χ1) is 12.5. The van der Waals surface area contributed by atoms with E-state index in [1.165, 1.54) is 28.5 Å². The van der Waals surface area contributed by atoms with E-state index in [0.717, 1.165) is 25.2 Å². The molecule has 0 saturated carbocycles. The Kier molecular flexibility index (Phi) is 5.79. The van der Waals surface area contributed by atoms with Crippen molar-refractivity contribution in [1.29, 1.82) is 5.26 Å². The number of nitriles is 1. The Morgan fingerprint density at radius 1 is 1.46 bits per heavy atom. The van der Waals surface area contributed by atoms with Crippen molar-refractivity contribution < 1.29 is 4.79 Å². The largest absolute Gasteiger partial charge is 0.337 e. The fourth-order valence-corrected chi connectivity index (χ4v) is 3.84. The highest BCUT2D eigenvalue weighted by Crippen LogP contribution is 2.28. The molecule has 2 N–H and O–H groups in total. The smallest absolute Gasteiger partial charge is 0.267 e. The molecule has 1 aliphatic rings. The molecule has 0 unspecified atom stereocenters. The minimum Gasteiger partial charge on any atom is -0.337 e. The Hall–Kier alpha value is -2.11. The van der Waals surface area contributed by atoms with Gasteiger partial charge in [-0.25, -0.2) is 4.98 Å². The summed E-state index contributed by atoms with van der Waals surface area (Å²) < 4.78 is 0. The average Bonchev–Trinajstić information content (AvgIpc) is 3.00. The Labute approximate surface area is 165 Å². The molecule has 0 spiro atoms. The van der Waals surface area contributed by atoms with Crippen molar-refractivity contribution >= 4 is 51.3 Å². The molecular formula is C17H15Cl2N5OS. The first kappa shape index (κ1) is 18.7. The molecule has 1 aliphatic heterocycles. The van der Waals surface area contributed by atoms with E-state index in [0.29, 0.717) is 20.9 Å². The number of likely N-dealkylation sites (N-methyl/N-ethyl adjacent to an activating group) is 1. The van der Waals surface area contributed by atoms with Crippen LogP contribution < -0.4 is 10.6 Å². The number of aromatic nitrogens is 1. The van der Waals surface area contributed by atoms with Crippen molar-refractivity contribution in [3.8, 4) is 6.07 Å². The Morgan fingerprint density at radius 2 is 2.27 bits per heavy atom. The summed E-state index contributed by atoms with van der Waals surface area (Å²) in [5, 5.41) is 16.2. The van der Waals surface area contributed by atoms with E-state index in [1.54, 1.807) is 12.1 Å². The second-order valence-corrected chi connectivity index (χ2v) is 7.70. The molecule has 26 heavy (non-hydrogen) atoms. The average molecular weight is 408 g/mol. The molecule has 6 nitrogen and oxygen atoms in total. The summed E-state index contributed by atoms with van der Waals surface area (Å²) in [5.74, 6) is -0.579. The summed E-state index contributed by atoms with van der Waals surface area (Å²) >= 11 is 13.5. The minimum absolute atomic E-state index is 0.0914. The van der Waals surface area contributed by atoms with Crippen LogP contribution in [0.1, 0.15) is 10.6 Å². The fraction of sp³-hybridized carbons (Fsp3) is 0.235. The van der Waals surface area contributed by atoms with Gasteiger partial charge in [0.15, 0.2) is 5.13 Å². The zero-order chi connectivity index (χ0) is 18.7. The van der Waals surface area contributed by atoms with Crippen LogP contribution in [-0.4, -0.2) is 29.4 Å².